The number of nitrogens with zero attached hydrogens (tertiary/aromatic N) is 3. The van der Waals surface area contributed by atoms with Crippen molar-refractivity contribution in [3.05, 3.63) is 35.7 Å². The first-order valence-electron chi connectivity index (χ1n) is 7.17. The van der Waals surface area contributed by atoms with Crippen LogP contribution in [-0.4, -0.2) is 20.2 Å². The highest BCUT2D eigenvalue weighted by molar-refractivity contribution is 5.11. The second kappa shape index (κ2) is 6.22. The standard InChI is InChI=1S/C15H24N4O/c1-5-6-13-17-14(20-18-13)11-19-8-7-12(10-19)9-16-15(2,3)4/h7-8,10,16H,5-6,9,11H2,1-4H3. The molecule has 2 aromatic rings. The molecule has 0 spiro atoms. The van der Waals surface area contributed by atoms with Crippen LogP contribution >= 0.6 is 0 Å². The molecule has 0 saturated heterocycles. The molecule has 0 saturated carbocycles. The monoisotopic (exact) mass is 276 g/mol. The molecular weight excluding hydrogens is 252 g/mol. The molecule has 20 heavy (non-hydrogen) atoms. The molecule has 0 amide bonds. The van der Waals surface area contributed by atoms with Crippen LogP contribution in [0.15, 0.2) is 23.0 Å². The quantitative estimate of drug-likeness (QED) is 0.881. The van der Waals surface area contributed by atoms with Crippen LogP contribution in [0.2, 0.25) is 0 Å². The molecule has 0 atom stereocenters. The lowest BCUT2D eigenvalue weighted by molar-refractivity contribution is 0.366. The molecule has 0 aliphatic carbocycles. The van der Waals surface area contributed by atoms with Crippen molar-refractivity contribution < 1.29 is 4.52 Å². The van der Waals surface area contributed by atoms with Crippen molar-refractivity contribution in [2.24, 2.45) is 0 Å². The van der Waals surface area contributed by atoms with Crippen LogP contribution in [0, 0.1) is 0 Å². The fourth-order valence-corrected chi connectivity index (χ4v) is 1.90. The summed E-state index contributed by atoms with van der Waals surface area (Å²) in [6, 6.07) is 2.11. The lowest BCUT2D eigenvalue weighted by Gasteiger charge is -2.19. The van der Waals surface area contributed by atoms with E-state index in [1.165, 1.54) is 5.56 Å². The number of rotatable bonds is 6. The first-order chi connectivity index (χ1) is 9.46. The fourth-order valence-electron chi connectivity index (χ4n) is 1.90. The molecule has 0 fully saturated rings. The van der Waals surface area contributed by atoms with E-state index < -0.39 is 0 Å². The average molecular weight is 276 g/mol. The summed E-state index contributed by atoms with van der Waals surface area (Å²) in [6.07, 6.45) is 6.06. The van der Waals surface area contributed by atoms with Gasteiger partial charge in [0.25, 0.3) is 0 Å². The smallest absolute Gasteiger partial charge is 0.246 e. The summed E-state index contributed by atoms with van der Waals surface area (Å²) < 4.78 is 7.32. The van der Waals surface area contributed by atoms with E-state index in [1.54, 1.807) is 0 Å². The first kappa shape index (κ1) is 14.8. The lowest BCUT2D eigenvalue weighted by Crippen LogP contribution is -2.34. The summed E-state index contributed by atoms with van der Waals surface area (Å²) >= 11 is 0. The zero-order valence-electron chi connectivity index (χ0n) is 12.8. The van der Waals surface area contributed by atoms with Crippen LogP contribution < -0.4 is 5.32 Å². The van der Waals surface area contributed by atoms with Crippen molar-refractivity contribution in [2.45, 2.75) is 59.2 Å². The van der Waals surface area contributed by atoms with Gasteiger partial charge in [-0.1, -0.05) is 12.1 Å². The van der Waals surface area contributed by atoms with Crippen molar-refractivity contribution in [3.8, 4) is 0 Å². The van der Waals surface area contributed by atoms with Gasteiger partial charge < -0.3 is 14.4 Å². The van der Waals surface area contributed by atoms with Crippen LogP contribution in [0.3, 0.4) is 0 Å². The minimum absolute atomic E-state index is 0.129. The first-order valence-corrected chi connectivity index (χ1v) is 7.17. The van der Waals surface area contributed by atoms with E-state index in [2.05, 4.69) is 60.0 Å². The van der Waals surface area contributed by atoms with Gasteiger partial charge in [-0.2, -0.15) is 4.98 Å². The second-order valence-electron chi connectivity index (χ2n) is 6.15. The molecule has 2 heterocycles. The summed E-state index contributed by atoms with van der Waals surface area (Å²) in [5.74, 6) is 1.46. The summed E-state index contributed by atoms with van der Waals surface area (Å²) in [5, 5.41) is 7.44. The Morgan fingerprint density at radius 3 is 2.85 bits per heavy atom. The summed E-state index contributed by atoms with van der Waals surface area (Å²) in [6.45, 7) is 10.1. The predicted molar refractivity (Wildman–Crippen MR) is 78.4 cm³/mol. The van der Waals surface area contributed by atoms with Crippen molar-refractivity contribution in [1.82, 2.24) is 20.0 Å². The topological polar surface area (TPSA) is 55.9 Å². The van der Waals surface area contributed by atoms with Gasteiger partial charge in [0, 0.05) is 30.9 Å². The summed E-state index contributed by atoms with van der Waals surface area (Å²) in [7, 11) is 0. The highest BCUT2D eigenvalue weighted by Gasteiger charge is 2.10. The maximum atomic E-state index is 5.25. The average Bonchev–Trinajstić information content (AvgIpc) is 2.97. The molecule has 2 aromatic heterocycles. The van der Waals surface area contributed by atoms with Crippen LogP contribution in [-0.2, 0) is 19.5 Å². The molecule has 0 unspecified atom stereocenters. The van der Waals surface area contributed by atoms with Crippen molar-refractivity contribution in [1.29, 1.82) is 0 Å². The van der Waals surface area contributed by atoms with E-state index in [0.29, 0.717) is 12.4 Å². The van der Waals surface area contributed by atoms with Gasteiger partial charge >= 0.3 is 0 Å². The molecule has 0 aliphatic heterocycles. The maximum absolute atomic E-state index is 5.25. The Morgan fingerprint density at radius 2 is 2.15 bits per heavy atom. The number of aromatic nitrogens is 3. The predicted octanol–water partition coefficient (Wildman–Crippen LogP) is 2.76. The zero-order chi connectivity index (χ0) is 14.6. The maximum Gasteiger partial charge on any atom is 0.246 e. The molecule has 2 rings (SSSR count). The van der Waals surface area contributed by atoms with E-state index in [-0.39, 0.29) is 5.54 Å². The van der Waals surface area contributed by atoms with Crippen molar-refractivity contribution in [3.63, 3.8) is 0 Å². The van der Waals surface area contributed by atoms with Crippen LogP contribution in [0.25, 0.3) is 0 Å². The van der Waals surface area contributed by atoms with Gasteiger partial charge in [-0.3, -0.25) is 0 Å². The van der Waals surface area contributed by atoms with E-state index in [0.717, 1.165) is 25.2 Å². The highest BCUT2D eigenvalue weighted by atomic mass is 16.5. The molecule has 0 radical (unpaired) electrons. The fraction of sp³-hybridized carbons (Fsp3) is 0.600. The Hall–Kier alpha value is -1.62. The highest BCUT2D eigenvalue weighted by Crippen LogP contribution is 2.08. The van der Waals surface area contributed by atoms with Crippen LogP contribution in [0.1, 0.15) is 51.4 Å². The number of nitrogens with one attached hydrogen (secondary N) is 1. The van der Waals surface area contributed by atoms with Gasteiger partial charge in [-0.15, -0.1) is 0 Å². The van der Waals surface area contributed by atoms with Gasteiger partial charge in [0.15, 0.2) is 5.82 Å². The Labute approximate surface area is 120 Å². The third-order valence-corrected chi connectivity index (χ3v) is 2.94. The molecule has 0 aliphatic rings. The Bertz CT molecular complexity index is 536. The van der Waals surface area contributed by atoms with E-state index in [9.17, 15) is 0 Å². The van der Waals surface area contributed by atoms with E-state index in [4.69, 9.17) is 4.52 Å². The second-order valence-corrected chi connectivity index (χ2v) is 6.15. The third kappa shape index (κ3) is 4.49. The number of aryl methyl sites for hydroxylation is 1. The van der Waals surface area contributed by atoms with Crippen LogP contribution in [0.5, 0.6) is 0 Å². The molecule has 0 bridgehead atoms. The van der Waals surface area contributed by atoms with Gasteiger partial charge in [-0.25, -0.2) is 0 Å². The molecule has 110 valence electrons. The van der Waals surface area contributed by atoms with E-state index >= 15 is 0 Å². The van der Waals surface area contributed by atoms with Crippen molar-refractivity contribution in [2.75, 3.05) is 0 Å². The summed E-state index contributed by atoms with van der Waals surface area (Å²) in [5.41, 5.74) is 1.39. The van der Waals surface area contributed by atoms with Gasteiger partial charge in [0.1, 0.15) is 6.54 Å². The molecule has 1 N–H and O–H groups in total. The zero-order valence-corrected chi connectivity index (χ0v) is 12.8. The summed E-state index contributed by atoms with van der Waals surface area (Å²) in [4.78, 5) is 4.38. The largest absolute Gasteiger partial charge is 0.345 e. The SMILES string of the molecule is CCCc1noc(Cn2ccc(CNC(C)(C)C)c2)n1. The van der Waals surface area contributed by atoms with Gasteiger partial charge in [-0.05, 0) is 38.8 Å². The van der Waals surface area contributed by atoms with Gasteiger partial charge in [0.05, 0.1) is 0 Å². The number of hydrogen-bond donors (Lipinski definition) is 1. The molecule has 0 aromatic carbocycles. The van der Waals surface area contributed by atoms with Crippen molar-refractivity contribution >= 4 is 0 Å². The Morgan fingerprint density at radius 1 is 1.35 bits per heavy atom. The molecular formula is C15H24N4O. The third-order valence-electron chi connectivity index (χ3n) is 2.94. The molecule has 5 heteroatoms. The molecule has 5 nitrogen and oxygen atoms in total. The number of hydrogen-bond acceptors (Lipinski definition) is 4. The Balaban J connectivity index is 1.91. The Kier molecular flexibility index (Phi) is 4.60. The minimum Gasteiger partial charge on any atom is -0.345 e. The lowest BCUT2D eigenvalue weighted by atomic mass is 10.1. The normalized spacial score (nSPS) is 12.0. The van der Waals surface area contributed by atoms with Crippen LogP contribution in [0.4, 0.5) is 0 Å². The minimum atomic E-state index is 0.129. The van der Waals surface area contributed by atoms with E-state index in [1.807, 2.05) is 6.20 Å². The van der Waals surface area contributed by atoms with Gasteiger partial charge in [0.2, 0.25) is 5.89 Å².